The Hall–Kier alpha value is -3.38. The number of cyclic esters (lactones) is 1. The number of benzene rings is 2. The molecule has 5 nitrogen and oxygen atoms in total. The minimum atomic E-state index is -0.466. The first-order chi connectivity index (χ1) is 14.1. The average molecular weight is 405 g/mol. The number of thiophene rings is 1. The lowest BCUT2D eigenvalue weighted by molar-refractivity contribution is -0.129. The third kappa shape index (κ3) is 4.38. The van der Waals surface area contributed by atoms with Crippen molar-refractivity contribution in [3.63, 3.8) is 0 Å². The number of hydrogen-bond donors (Lipinski definition) is 0. The predicted octanol–water partition coefficient (Wildman–Crippen LogP) is 4.99. The van der Waals surface area contributed by atoms with Gasteiger partial charge in [-0.15, -0.1) is 11.3 Å². The summed E-state index contributed by atoms with van der Waals surface area (Å²) in [6.07, 6.45) is 1.68. The Bertz CT molecular complexity index is 1100. The van der Waals surface area contributed by atoms with Crippen LogP contribution < -0.4 is 9.47 Å². The van der Waals surface area contributed by atoms with Crippen molar-refractivity contribution in [2.24, 2.45) is 4.99 Å². The van der Waals surface area contributed by atoms with Crippen molar-refractivity contribution in [3.8, 4) is 11.5 Å². The molecular formula is C23H19NO4S. The van der Waals surface area contributed by atoms with Gasteiger partial charge in [0.05, 0.1) is 12.0 Å². The minimum Gasteiger partial charge on any atom is -0.493 e. The van der Waals surface area contributed by atoms with Gasteiger partial charge in [0, 0.05) is 0 Å². The number of nitrogens with zero attached hydrogens (tertiary/aromatic N) is 1. The van der Waals surface area contributed by atoms with E-state index in [-0.39, 0.29) is 5.70 Å². The Morgan fingerprint density at radius 1 is 1.10 bits per heavy atom. The van der Waals surface area contributed by atoms with E-state index < -0.39 is 5.97 Å². The van der Waals surface area contributed by atoms with Crippen molar-refractivity contribution < 1.29 is 19.0 Å². The second-order valence-corrected chi connectivity index (χ2v) is 7.45. The van der Waals surface area contributed by atoms with Crippen LogP contribution in [0.15, 0.2) is 70.7 Å². The van der Waals surface area contributed by atoms with E-state index >= 15 is 0 Å². The maximum absolute atomic E-state index is 12.2. The van der Waals surface area contributed by atoms with Crippen LogP contribution in [0.2, 0.25) is 0 Å². The van der Waals surface area contributed by atoms with Gasteiger partial charge in [-0.2, -0.15) is 0 Å². The van der Waals surface area contributed by atoms with Gasteiger partial charge in [-0.05, 0) is 47.7 Å². The van der Waals surface area contributed by atoms with Gasteiger partial charge in [-0.3, -0.25) is 0 Å². The molecule has 1 aromatic heterocycles. The fourth-order valence-corrected chi connectivity index (χ4v) is 3.58. The SMILES string of the molecule is COc1ccc(/C=C2\N=C(c3cccs3)OC2=O)cc1OCc1cccc(C)c1. The molecule has 0 atom stereocenters. The van der Waals surface area contributed by atoms with Crippen LogP contribution in [0, 0.1) is 6.92 Å². The van der Waals surface area contributed by atoms with E-state index in [2.05, 4.69) is 11.1 Å². The number of esters is 1. The Labute approximate surface area is 172 Å². The molecule has 3 aromatic rings. The minimum absolute atomic E-state index is 0.253. The lowest BCUT2D eigenvalue weighted by Gasteiger charge is -2.12. The van der Waals surface area contributed by atoms with Crippen LogP contribution in [0.3, 0.4) is 0 Å². The van der Waals surface area contributed by atoms with Gasteiger partial charge in [-0.25, -0.2) is 9.79 Å². The topological polar surface area (TPSA) is 57.1 Å². The molecule has 0 spiro atoms. The van der Waals surface area contributed by atoms with Gasteiger partial charge in [0.25, 0.3) is 0 Å². The molecule has 146 valence electrons. The van der Waals surface area contributed by atoms with Gasteiger partial charge in [0.1, 0.15) is 6.61 Å². The van der Waals surface area contributed by atoms with Crippen LogP contribution in [-0.2, 0) is 16.1 Å². The zero-order chi connectivity index (χ0) is 20.2. The monoisotopic (exact) mass is 405 g/mol. The van der Waals surface area contributed by atoms with Crippen molar-refractivity contribution in [2.45, 2.75) is 13.5 Å². The van der Waals surface area contributed by atoms with Gasteiger partial charge in [0.15, 0.2) is 17.2 Å². The van der Waals surface area contributed by atoms with Crippen molar-refractivity contribution in [2.75, 3.05) is 7.11 Å². The summed E-state index contributed by atoms with van der Waals surface area (Å²) in [6.45, 7) is 2.46. The molecule has 0 saturated heterocycles. The lowest BCUT2D eigenvalue weighted by Crippen LogP contribution is -2.03. The lowest BCUT2D eigenvalue weighted by atomic mass is 10.1. The molecule has 0 fully saturated rings. The fraction of sp³-hybridized carbons (Fsp3) is 0.130. The molecule has 0 N–H and O–H groups in total. The van der Waals surface area contributed by atoms with E-state index in [0.29, 0.717) is 24.0 Å². The molecule has 4 rings (SSSR count). The number of carbonyl (C=O) groups excluding carboxylic acids is 1. The van der Waals surface area contributed by atoms with Crippen LogP contribution in [0.4, 0.5) is 0 Å². The molecule has 2 heterocycles. The van der Waals surface area contributed by atoms with E-state index in [4.69, 9.17) is 14.2 Å². The largest absolute Gasteiger partial charge is 0.493 e. The normalized spacial score (nSPS) is 14.6. The summed E-state index contributed by atoms with van der Waals surface area (Å²) in [5.74, 6) is 1.08. The maximum Gasteiger partial charge on any atom is 0.363 e. The molecule has 1 aliphatic heterocycles. The summed E-state index contributed by atoms with van der Waals surface area (Å²) in [7, 11) is 1.60. The summed E-state index contributed by atoms with van der Waals surface area (Å²) in [5, 5.41) is 1.91. The van der Waals surface area contributed by atoms with Gasteiger partial charge < -0.3 is 14.2 Å². The average Bonchev–Trinajstić information content (AvgIpc) is 3.37. The summed E-state index contributed by atoms with van der Waals surface area (Å²) in [4.78, 5) is 17.3. The highest BCUT2D eigenvalue weighted by Crippen LogP contribution is 2.30. The molecule has 0 amide bonds. The number of rotatable bonds is 6. The summed E-state index contributed by atoms with van der Waals surface area (Å²) >= 11 is 1.47. The molecule has 0 radical (unpaired) electrons. The highest BCUT2D eigenvalue weighted by Gasteiger charge is 2.24. The summed E-state index contributed by atoms with van der Waals surface area (Å²) < 4.78 is 16.7. The first-order valence-electron chi connectivity index (χ1n) is 9.05. The van der Waals surface area contributed by atoms with E-state index in [0.717, 1.165) is 16.0 Å². The Kier molecular flexibility index (Phi) is 5.44. The zero-order valence-electron chi connectivity index (χ0n) is 16.0. The Morgan fingerprint density at radius 3 is 2.76 bits per heavy atom. The van der Waals surface area contributed by atoms with Gasteiger partial charge >= 0.3 is 5.97 Å². The Morgan fingerprint density at radius 2 is 2.00 bits per heavy atom. The standard InChI is InChI=1S/C23H19NO4S/c1-15-5-3-6-17(11-15)14-27-20-13-16(8-9-19(20)26-2)12-18-23(25)28-22(24-18)21-7-4-10-29-21/h3-13H,14H2,1-2H3/b18-12-. The predicted molar refractivity (Wildman–Crippen MR) is 113 cm³/mol. The third-order valence-corrected chi connectivity index (χ3v) is 5.18. The quantitative estimate of drug-likeness (QED) is 0.428. The second-order valence-electron chi connectivity index (χ2n) is 6.50. The maximum atomic E-state index is 12.2. The van der Waals surface area contributed by atoms with Gasteiger partial charge in [-0.1, -0.05) is 42.0 Å². The molecule has 29 heavy (non-hydrogen) atoms. The number of aliphatic imine (C=N–C) groups is 1. The molecule has 1 aliphatic rings. The van der Waals surface area contributed by atoms with E-state index in [1.54, 1.807) is 13.2 Å². The van der Waals surface area contributed by atoms with Crippen LogP contribution in [0.25, 0.3) is 6.08 Å². The first kappa shape index (κ1) is 19.0. The van der Waals surface area contributed by atoms with Crippen LogP contribution in [0.1, 0.15) is 21.6 Å². The van der Waals surface area contributed by atoms with E-state index in [1.165, 1.54) is 16.9 Å². The molecule has 0 aliphatic carbocycles. The number of methoxy groups -OCH3 is 1. The van der Waals surface area contributed by atoms with E-state index in [1.807, 2.05) is 60.8 Å². The summed E-state index contributed by atoms with van der Waals surface area (Å²) in [5.41, 5.74) is 3.27. The molecule has 0 saturated carbocycles. The van der Waals surface area contributed by atoms with E-state index in [9.17, 15) is 4.79 Å². The van der Waals surface area contributed by atoms with Crippen molar-refractivity contribution in [3.05, 3.63) is 87.2 Å². The molecule has 6 heteroatoms. The number of ether oxygens (including phenoxy) is 3. The summed E-state index contributed by atoms with van der Waals surface area (Å²) in [6, 6.07) is 17.4. The molecule has 0 bridgehead atoms. The molecule has 0 unspecified atom stereocenters. The van der Waals surface area contributed by atoms with Crippen molar-refractivity contribution in [1.82, 2.24) is 0 Å². The van der Waals surface area contributed by atoms with Crippen LogP contribution in [-0.4, -0.2) is 19.0 Å². The number of aryl methyl sites for hydroxylation is 1. The smallest absolute Gasteiger partial charge is 0.363 e. The van der Waals surface area contributed by atoms with Crippen LogP contribution in [0.5, 0.6) is 11.5 Å². The van der Waals surface area contributed by atoms with Gasteiger partial charge in [0.2, 0.25) is 5.90 Å². The van der Waals surface area contributed by atoms with Crippen molar-refractivity contribution >= 4 is 29.3 Å². The third-order valence-electron chi connectivity index (χ3n) is 4.32. The Balaban J connectivity index is 1.57. The first-order valence-corrected chi connectivity index (χ1v) is 9.93. The molecule has 2 aromatic carbocycles. The second kappa shape index (κ2) is 8.32. The number of carbonyl (C=O) groups is 1. The van der Waals surface area contributed by atoms with Crippen LogP contribution >= 0.6 is 11.3 Å². The van der Waals surface area contributed by atoms with Crippen molar-refractivity contribution in [1.29, 1.82) is 0 Å². The highest BCUT2D eigenvalue weighted by atomic mass is 32.1. The molecular weight excluding hydrogens is 386 g/mol. The fourth-order valence-electron chi connectivity index (χ4n) is 2.93. The zero-order valence-corrected chi connectivity index (χ0v) is 16.9. The number of hydrogen-bond acceptors (Lipinski definition) is 6. The highest BCUT2D eigenvalue weighted by molar-refractivity contribution is 7.12.